The van der Waals surface area contributed by atoms with Crippen molar-refractivity contribution in [2.24, 2.45) is 0 Å². The lowest BCUT2D eigenvalue weighted by atomic mass is 9.93. The van der Waals surface area contributed by atoms with Crippen LogP contribution < -0.4 is 10.2 Å². The van der Waals surface area contributed by atoms with Crippen molar-refractivity contribution in [3.05, 3.63) is 62.8 Å². The predicted molar refractivity (Wildman–Crippen MR) is 167 cm³/mol. The second-order valence-electron chi connectivity index (χ2n) is 6.67. The van der Waals surface area contributed by atoms with Crippen LogP contribution in [0.1, 0.15) is 6.92 Å². The number of carbonyl (C=O) groups excluding carboxylic acids is 1. The maximum absolute atomic E-state index is 12.7. The topological polar surface area (TPSA) is 56.5 Å². The second kappa shape index (κ2) is 10.2. The second-order valence-corrected chi connectivity index (χ2v) is 12.7. The minimum Gasteiger partial charge on any atom is -0.454 e. The molecule has 0 amide bonds. The van der Waals surface area contributed by atoms with Gasteiger partial charge < -0.3 is 9.15 Å². The lowest BCUT2D eigenvalue weighted by Crippen LogP contribution is -2.12. The fourth-order valence-corrected chi connectivity index (χ4v) is 7.96. The molecule has 0 N–H and O–H groups in total. The van der Waals surface area contributed by atoms with Crippen LogP contribution >= 0.6 is 137 Å². The Morgan fingerprint density at radius 3 is 2.18 bits per heavy atom. The molecule has 33 heavy (non-hydrogen) atoms. The monoisotopic (exact) mass is 970 g/mol. The van der Waals surface area contributed by atoms with Crippen molar-refractivity contribution in [1.29, 1.82) is 0 Å². The fourth-order valence-electron chi connectivity index (χ4n) is 3.27. The third-order valence-electron chi connectivity index (χ3n) is 4.62. The molecule has 0 aromatic heterocycles. The van der Waals surface area contributed by atoms with Crippen LogP contribution in [0.2, 0.25) is 20.1 Å². The van der Waals surface area contributed by atoms with Crippen molar-refractivity contribution in [1.82, 2.24) is 0 Å². The Morgan fingerprint density at radius 1 is 0.879 bits per heavy atom. The molecule has 1 heterocycles. The number of rotatable bonds is 2. The van der Waals surface area contributed by atoms with Crippen LogP contribution in [-0.4, -0.2) is 5.97 Å². The zero-order chi connectivity index (χ0) is 24.4. The average Bonchev–Trinajstić information content (AvgIpc) is 2.75. The molecule has 2 aromatic rings. The first-order chi connectivity index (χ1) is 15.4. The van der Waals surface area contributed by atoms with Gasteiger partial charge in [0.25, 0.3) is 0 Å². The van der Waals surface area contributed by atoms with Crippen LogP contribution in [0.4, 0.5) is 0 Å². The van der Waals surface area contributed by atoms with Gasteiger partial charge in [-0.2, -0.15) is 0 Å². The summed E-state index contributed by atoms with van der Waals surface area (Å²) in [5.41, 5.74) is 2.11. The predicted octanol–water partition coefficient (Wildman–Crippen LogP) is 9.52. The zero-order valence-corrected chi connectivity index (χ0v) is 27.5. The van der Waals surface area contributed by atoms with E-state index in [4.69, 9.17) is 55.6 Å². The van der Waals surface area contributed by atoms with Crippen molar-refractivity contribution >= 4 is 154 Å². The third-order valence-corrected chi connectivity index (χ3v) is 9.94. The lowest BCUT2D eigenvalue weighted by Gasteiger charge is -2.20. The van der Waals surface area contributed by atoms with Gasteiger partial charge in [0.2, 0.25) is 5.43 Å². The third kappa shape index (κ3) is 4.73. The normalized spacial score (nSPS) is 11.4. The Labute approximate surface area is 261 Å². The highest BCUT2D eigenvalue weighted by Gasteiger charge is 2.28. The number of ether oxygens (including phenoxy) is 1. The van der Waals surface area contributed by atoms with Gasteiger partial charge in [-0.15, -0.1) is 0 Å². The molecular weight excluding hydrogens is 966 g/mol. The number of hydrogen-bond donors (Lipinski definition) is 0. The Morgan fingerprint density at radius 2 is 1.55 bits per heavy atom. The van der Waals surface area contributed by atoms with Crippen molar-refractivity contribution in [2.45, 2.75) is 6.92 Å². The molecule has 0 spiro atoms. The molecule has 0 bridgehead atoms. The van der Waals surface area contributed by atoms with Crippen LogP contribution in [0.25, 0.3) is 33.4 Å². The molecule has 1 aliphatic heterocycles. The maximum Gasteiger partial charge on any atom is 0.308 e. The van der Waals surface area contributed by atoms with Crippen molar-refractivity contribution < 1.29 is 13.9 Å². The van der Waals surface area contributed by atoms with E-state index in [1.54, 1.807) is 12.1 Å². The van der Waals surface area contributed by atoms with Crippen molar-refractivity contribution in [3.8, 4) is 28.2 Å². The highest BCUT2D eigenvalue weighted by atomic mass is 127. The number of esters is 1. The molecule has 0 saturated carbocycles. The Kier molecular flexibility index (Phi) is 8.27. The van der Waals surface area contributed by atoms with E-state index in [-0.39, 0.29) is 25.5 Å². The zero-order valence-electron chi connectivity index (χ0n) is 15.9. The van der Waals surface area contributed by atoms with Crippen molar-refractivity contribution in [3.63, 3.8) is 0 Å². The van der Waals surface area contributed by atoms with E-state index < -0.39 is 5.97 Å². The van der Waals surface area contributed by atoms with Crippen LogP contribution in [0.3, 0.4) is 0 Å². The van der Waals surface area contributed by atoms with Gasteiger partial charge in [-0.05, 0) is 109 Å². The van der Waals surface area contributed by atoms with Gasteiger partial charge in [-0.1, -0.05) is 46.4 Å². The summed E-state index contributed by atoms with van der Waals surface area (Å²) in [6.45, 7) is 1.32. The number of carbonyl (C=O) groups is 1. The van der Waals surface area contributed by atoms with Crippen LogP contribution in [0.15, 0.2) is 27.4 Å². The Bertz CT molecular complexity index is 1530. The van der Waals surface area contributed by atoms with Crippen LogP contribution in [0, 0.1) is 14.3 Å². The molecule has 1 aliphatic carbocycles. The number of fused-ring (bicyclic) bond motifs is 2. The quantitative estimate of drug-likeness (QED) is 0.0502. The minimum atomic E-state index is -0.462. The fraction of sp³-hybridized carbons (Fsp3) is 0.0476. The van der Waals surface area contributed by atoms with Gasteiger partial charge in [0.15, 0.2) is 17.1 Å². The van der Waals surface area contributed by atoms with E-state index in [0.29, 0.717) is 53.5 Å². The van der Waals surface area contributed by atoms with Crippen molar-refractivity contribution in [2.75, 3.05) is 0 Å². The summed E-state index contributed by atoms with van der Waals surface area (Å²) in [7, 11) is 0. The lowest BCUT2D eigenvalue weighted by molar-refractivity contribution is -0.131. The summed E-state index contributed by atoms with van der Waals surface area (Å²) in [4.78, 5) is 24.4. The highest BCUT2D eigenvalue weighted by molar-refractivity contribution is 14.1. The van der Waals surface area contributed by atoms with Gasteiger partial charge in [-0.3, -0.25) is 9.59 Å². The largest absolute Gasteiger partial charge is 0.454 e. The molecule has 4 rings (SSSR count). The summed E-state index contributed by atoms with van der Waals surface area (Å²) in [6, 6.07) is 5.20. The number of halogens is 8. The smallest absolute Gasteiger partial charge is 0.308 e. The molecule has 0 radical (unpaired) electrons. The van der Waals surface area contributed by atoms with Crippen LogP contribution in [0.5, 0.6) is 5.75 Å². The Hall–Kier alpha value is 0.680. The first-order valence-corrected chi connectivity index (χ1v) is 14.5. The van der Waals surface area contributed by atoms with E-state index >= 15 is 0 Å². The van der Waals surface area contributed by atoms with E-state index in [1.165, 1.54) is 6.92 Å². The summed E-state index contributed by atoms with van der Waals surface area (Å²) < 4.78 is 13.9. The van der Waals surface area contributed by atoms with Gasteiger partial charge in [-0.25, -0.2) is 0 Å². The van der Waals surface area contributed by atoms with E-state index in [0.717, 1.165) is 0 Å². The summed E-state index contributed by atoms with van der Waals surface area (Å²) in [5, 5.41) is 1.38. The standard InChI is InChI=1S/C21H6Cl4I4O4/c1-5(30)32-21-11(27)4-8-12(6-2-9(22)14(24)15(25)13(6)23)7-3-10(26)18(31)16(28)19(7)33-20(8)17(21)29/h2-4H,1H3. The summed E-state index contributed by atoms with van der Waals surface area (Å²) in [5.74, 6) is 0.276. The number of benzene rings is 3. The summed E-state index contributed by atoms with van der Waals surface area (Å²) >= 11 is 33.7. The first kappa shape index (κ1) is 26.7. The SMILES string of the molecule is CC(=O)Oc1c(I)cc2c(-c3cc(Cl)c(Cl)c(Cl)c3Cl)c3cc(I)c(=O)c(I)c-3oc2c1I. The minimum absolute atomic E-state index is 0.119. The van der Waals surface area contributed by atoms with Gasteiger partial charge in [0, 0.05) is 29.0 Å². The van der Waals surface area contributed by atoms with E-state index in [9.17, 15) is 9.59 Å². The van der Waals surface area contributed by atoms with Gasteiger partial charge in [0.1, 0.15) is 7.14 Å². The number of hydrogen-bond acceptors (Lipinski definition) is 4. The molecule has 170 valence electrons. The maximum atomic E-state index is 12.7. The molecule has 4 nitrogen and oxygen atoms in total. The van der Waals surface area contributed by atoms with E-state index in [2.05, 4.69) is 45.2 Å². The molecule has 12 heteroatoms. The summed E-state index contributed by atoms with van der Waals surface area (Å²) in [6.07, 6.45) is 0. The molecule has 0 atom stereocenters. The Balaban J connectivity index is 2.30. The highest BCUT2D eigenvalue weighted by Crippen LogP contribution is 2.50. The molecule has 2 aliphatic rings. The van der Waals surface area contributed by atoms with Crippen LogP contribution in [-0.2, 0) is 4.79 Å². The van der Waals surface area contributed by atoms with Gasteiger partial charge in [0.05, 0.1) is 27.2 Å². The molecule has 0 fully saturated rings. The average molecular weight is 972 g/mol. The van der Waals surface area contributed by atoms with E-state index in [1.807, 2.05) is 51.2 Å². The van der Waals surface area contributed by atoms with Gasteiger partial charge >= 0.3 is 5.97 Å². The first-order valence-electron chi connectivity index (χ1n) is 8.72. The molecule has 0 unspecified atom stereocenters. The molecular formula is C21H6Cl4I4O4. The molecule has 0 saturated heterocycles. The molecule has 2 aromatic carbocycles.